The molecule has 7 nitrogen and oxygen atoms in total. The van der Waals surface area contributed by atoms with E-state index in [0.717, 1.165) is 26.6 Å². The second kappa shape index (κ2) is 7.79. The van der Waals surface area contributed by atoms with E-state index < -0.39 is 6.03 Å². The van der Waals surface area contributed by atoms with E-state index in [1.165, 1.54) is 0 Å². The summed E-state index contributed by atoms with van der Waals surface area (Å²) in [4.78, 5) is 29.5. The van der Waals surface area contributed by atoms with Crippen molar-refractivity contribution in [2.45, 2.75) is 12.6 Å². The summed E-state index contributed by atoms with van der Waals surface area (Å²) in [5.41, 5.74) is 1.43. The lowest BCUT2D eigenvalue weighted by Gasteiger charge is -2.14. The number of carbonyl (C=O) groups excluding carboxylic acids is 1. The third-order valence-electron chi connectivity index (χ3n) is 4.28. The highest BCUT2D eigenvalue weighted by Gasteiger charge is 2.17. The van der Waals surface area contributed by atoms with E-state index in [0.29, 0.717) is 16.0 Å². The molecule has 1 amide bonds. The van der Waals surface area contributed by atoms with E-state index in [2.05, 4.69) is 10.3 Å². The smallest absolute Gasteiger partial charge is 0.338 e. The summed E-state index contributed by atoms with van der Waals surface area (Å²) in [6.45, 7) is 0.273. The van der Waals surface area contributed by atoms with Crippen molar-refractivity contribution in [1.82, 2.24) is 14.3 Å². The Morgan fingerprint density at radius 3 is 2.93 bits per heavy atom. The van der Waals surface area contributed by atoms with Gasteiger partial charge in [-0.2, -0.15) is 3.96 Å². The van der Waals surface area contributed by atoms with E-state index in [9.17, 15) is 9.59 Å². The topological polar surface area (TPSA) is 86.4 Å². The summed E-state index contributed by atoms with van der Waals surface area (Å²) in [7, 11) is 1.61. The number of hydrogen-bond donors (Lipinski definition) is 1. The molecule has 8 heteroatoms. The maximum absolute atomic E-state index is 12.5. The molecule has 4 rings (SSSR count). The van der Waals surface area contributed by atoms with Crippen LogP contribution in [-0.4, -0.2) is 22.1 Å². The second-order valence-electron chi connectivity index (χ2n) is 6.08. The van der Waals surface area contributed by atoms with Crippen LogP contribution in [0.25, 0.3) is 10.2 Å². The molecule has 3 aromatic heterocycles. The number of hydrogen-bond acceptors (Lipinski definition) is 6. The van der Waals surface area contributed by atoms with E-state index in [4.69, 9.17) is 9.15 Å². The Bertz CT molecular complexity index is 1160. The van der Waals surface area contributed by atoms with Crippen LogP contribution in [0.5, 0.6) is 0 Å². The fourth-order valence-corrected chi connectivity index (χ4v) is 3.83. The van der Waals surface area contributed by atoms with Gasteiger partial charge in [0.1, 0.15) is 16.7 Å². The van der Waals surface area contributed by atoms with Crippen molar-refractivity contribution in [2.75, 3.05) is 7.11 Å². The quantitative estimate of drug-likeness (QED) is 0.559. The number of amides is 1. The van der Waals surface area contributed by atoms with Crippen molar-refractivity contribution in [2.24, 2.45) is 0 Å². The third kappa shape index (κ3) is 3.47. The minimum absolute atomic E-state index is 0.273. The molecule has 0 aliphatic rings. The molecule has 0 radical (unpaired) electrons. The summed E-state index contributed by atoms with van der Waals surface area (Å²) in [6, 6.07) is 14.2. The predicted molar refractivity (Wildman–Crippen MR) is 106 cm³/mol. The molecule has 28 heavy (non-hydrogen) atoms. The Hall–Kier alpha value is -3.23. The van der Waals surface area contributed by atoms with Crippen LogP contribution in [-0.2, 0) is 11.3 Å². The summed E-state index contributed by atoms with van der Waals surface area (Å²) < 4.78 is 12.1. The molecule has 1 unspecified atom stereocenters. The predicted octanol–water partition coefficient (Wildman–Crippen LogP) is 3.54. The SMILES string of the molecule is COC(c1cccc(CNC(=O)n2sc3ncccc3c2=O)c1)c1ccco1. The van der Waals surface area contributed by atoms with Crippen LogP contribution in [0.3, 0.4) is 0 Å². The molecule has 0 fully saturated rings. The van der Waals surface area contributed by atoms with Gasteiger partial charge in [-0.05, 0) is 46.9 Å². The average Bonchev–Trinajstić information content (AvgIpc) is 3.36. The number of benzene rings is 1. The number of ether oxygens (including phenoxy) is 1. The van der Waals surface area contributed by atoms with Gasteiger partial charge in [0, 0.05) is 19.9 Å². The summed E-state index contributed by atoms with van der Waals surface area (Å²) in [5.74, 6) is 0.702. The first-order valence-corrected chi connectivity index (χ1v) is 9.35. The lowest BCUT2D eigenvalue weighted by molar-refractivity contribution is 0.116. The Morgan fingerprint density at radius 2 is 2.18 bits per heavy atom. The van der Waals surface area contributed by atoms with Gasteiger partial charge in [0.2, 0.25) is 0 Å². The largest absolute Gasteiger partial charge is 0.466 e. The summed E-state index contributed by atoms with van der Waals surface area (Å²) in [5, 5.41) is 3.21. The summed E-state index contributed by atoms with van der Waals surface area (Å²) in [6.07, 6.45) is 2.86. The Morgan fingerprint density at radius 1 is 1.29 bits per heavy atom. The molecular formula is C20H17N3O4S. The number of fused-ring (bicyclic) bond motifs is 1. The van der Waals surface area contributed by atoms with Gasteiger partial charge in [-0.1, -0.05) is 24.3 Å². The molecule has 0 spiro atoms. The number of nitrogens with one attached hydrogen (secondary N) is 1. The normalized spacial score (nSPS) is 12.2. The lowest BCUT2D eigenvalue weighted by atomic mass is 10.0. The average molecular weight is 395 g/mol. The maximum atomic E-state index is 12.5. The van der Waals surface area contributed by atoms with E-state index in [-0.39, 0.29) is 18.2 Å². The zero-order chi connectivity index (χ0) is 19.5. The van der Waals surface area contributed by atoms with Gasteiger partial charge in [-0.25, -0.2) is 9.78 Å². The molecule has 0 aliphatic carbocycles. The molecule has 0 saturated heterocycles. The van der Waals surface area contributed by atoms with Crippen molar-refractivity contribution < 1.29 is 13.9 Å². The number of nitrogens with zero attached hydrogens (tertiary/aromatic N) is 2. The van der Waals surface area contributed by atoms with Crippen molar-refractivity contribution in [3.63, 3.8) is 0 Å². The van der Waals surface area contributed by atoms with Crippen LogP contribution in [0.1, 0.15) is 23.0 Å². The van der Waals surface area contributed by atoms with E-state index >= 15 is 0 Å². The minimum atomic E-state index is -0.479. The lowest BCUT2D eigenvalue weighted by Crippen LogP contribution is -2.32. The van der Waals surface area contributed by atoms with Crippen LogP contribution in [0.4, 0.5) is 4.79 Å². The number of pyridine rings is 1. The van der Waals surface area contributed by atoms with Crippen molar-refractivity contribution in [3.8, 4) is 0 Å². The Balaban J connectivity index is 1.51. The molecule has 142 valence electrons. The van der Waals surface area contributed by atoms with Crippen LogP contribution in [0.15, 0.2) is 70.2 Å². The van der Waals surface area contributed by atoms with Crippen molar-refractivity contribution in [1.29, 1.82) is 0 Å². The van der Waals surface area contributed by atoms with Crippen LogP contribution in [0.2, 0.25) is 0 Å². The van der Waals surface area contributed by atoms with Crippen LogP contribution in [0, 0.1) is 0 Å². The fourth-order valence-electron chi connectivity index (χ4n) is 2.97. The molecule has 0 bridgehead atoms. The zero-order valence-corrected chi connectivity index (χ0v) is 15.8. The van der Waals surface area contributed by atoms with Crippen molar-refractivity contribution in [3.05, 3.63) is 88.2 Å². The van der Waals surface area contributed by atoms with Gasteiger partial charge in [0.05, 0.1) is 11.6 Å². The number of rotatable bonds is 5. The standard InChI is InChI=1S/C20H17N3O4S/c1-26-17(16-8-4-10-27-16)14-6-2-5-13(11-14)12-22-20(25)23-19(24)15-7-3-9-21-18(15)28-23/h2-11,17H,12H2,1H3,(H,22,25). The summed E-state index contributed by atoms with van der Waals surface area (Å²) >= 11 is 1.03. The second-order valence-corrected chi connectivity index (χ2v) is 7.02. The van der Waals surface area contributed by atoms with E-state index in [1.54, 1.807) is 31.7 Å². The molecule has 1 atom stereocenters. The molecule has 3 heterocycles. The molecule has 1 N–H and O–H groups in total. The number of methoxy groups -OCH3 is 1. The van der Waals surface area contributed by atoms with Gasteiger partial charge < -0.3 is 14.5 Å². The van der Waals surface area contributed by atoms with Crippen LogP contribution < -0.4 is 10.9 Å². The Kier molecular flexibility index (Phi) is 5.05. The third-order valence-corrected chi connectivity index (χ3v) is 5.30. The molecule has 1 aromatic carbocycles. The van der Waals surface area contributed by atoms with Gasteiger partial charge in [0.15, 0.2) is 0 Å². The van der Waals surface area contributed by atoms with Gasteiger partial charge in [-0.15, -0.1) is 0 Å². The van der Waals surface area contributed by atoms with Gasteiger partial charge >= 0.3 is 6.03 Å². The van der Waals surface area contributed by atoms with Crippen molar-refractivity contribution >= 4 is 27.8 Å². The maximum Gasteiger partial charge on any atom is 0.338 e. The monoisotopic (exact) mass is 395 g/mol. The molecule has 4 aromatic rings. The van der Waals surface area contributed by atoms with Crippen LogP contribution >= 0.6 is 11.5 Å². The first-order chi connectivity index (χ1) is 13.7. The molecule has 0 aliphatic heterocycles. The molecular weight excluding hydrogens is 378 g/mol. The highest BCUT2D eigenvalue weighted by molar-refractivity contribution is 7.14. The number of furan rings is 1. The van der Waals surface area contributed by atoms with Gasteiger partial charge in [-0.3, -0.25) is 4.79 Å². The molecule has 0 saturated carbocycles. The Labute approximate surface area is 164 Å². The highest BCUT2D eigenvalue weighted by atomic mass is 32.1. The first kappa shape index (κ1) is 18.1. The van der Waals surface area contributed by atoms with E-state index in [1.807, 2.05) is 36.4 Å². The fraction of sp³-hybridized carbons (Fsp3) is 0.150. The first-order valence-electron chi connectivity index (χ1n) is 8.57. The highest BCUT2D eigenvalue weighted by Crippen LogP contribution is 2.26. The van der Waals surface area contributed by atoms with Gasteiger partial charge in [0.25, 0.3) is 5.56 Å². The zero-order valence-electron chi connectivity index (χ0n) is 15.0. The minimum Gasteiger partial charge on any atom is -0.466 e. The number of aromatic nitrogens is 2. The number of carbonyl (C=O) groups is 1.